The van der Waals surface area contributed by atoms with E-state index in [4.69, 9.17) is 23.5 Å². The van der Waals surface area contributed by atoms with E-state index in [9.17, 15) is 4.79 Å². The normalized spacial score (nSPS) is 10.7. The summed E-state index contributed by atoms with van der Waals surface area (Å²) in [4.78, 5) is 21.2. The van der Waals surface area contributed by atoms with Crippen molar-refractivity contribution in [1.29, 1.82) is 0 Å². The SMILES string of the molecule is COCCOc1cc2ncnc(Oc3cccc(NC(=O)Nc4cc(-c5ccccc5)on4)c3)c2cc1OC. The average molecular weight is 528 g/mol. The summed E-state index contributed by atoms with van der Waals surface area (Å²) in [6.07, 6.45) is 1.40. The van der Waals surface area contributed by atoms with Gasteiger partial charge in [0.1, 0.15) is 18.7 Å². The number of carbonyl (C=O) groups is 1. The zero-order chi connectivity index (χ0) is 27.0. The molecular formula is C28H25N5O6. The third-order valence-corrected chi connectivity index (χ3v) is 5.55. The van der Waals surface area contributed by atoms with E-state index < -0.39 is 6.03 Å². The maximum Gasteiger partial charge on any atom is 0.324 e. The van der Waals surface area contributed by atoms with Crippen molar-refractivity contribution < 1.29 is 28.3 Å². The van der Waals surface area contributed by atoms with E-state index in [1.54, 1.807) is 56.7 Å². The van der Waals surface area contributed by atoms with Crippen LogP contribution in [0.3, 0.4) is 0 Å². The number of amides is 2. The molecular weight excluding hydrogens is 502 g/mol. The lowest BCUT2D eigenvalue weighted by Gasteiger charge is -2.13. The summed E-state index contributed by atoms with van der Waals surface area (Å²) < 4.78 is 27.7. The van der Waals surface area contributed by atoms with Crippen molar-refractivity contribution in [2.75, 3.05) is 38.1 Å². The maximum atomic E-state index is 12.6. The quantitative estimate of drug-likeness (QED) is 0.218. The largest absolute Gasteiger partial charge is 0.493 e. The second-order valence-corrected chi connectivity index (χ2v) is 8.19. The van der Waals surface area contributed by atoms with Crippen molar-refractivity contribution in [2.24, 2.45) is 0 Å². The van der Waals surface area contributed by atoms with Crippen LogP contribution in [0.4, 0.5) is 16.3 Å². The van der Waals surface area contributed by atoms with Crippen LogP contribution in [0.5, 0.6) is 23.1 Å². The third kappa shape index (κ3) is 6.22. The van der Waals surface area contributed by atoms with E-state index in [0.29, 0.717) is 58.7 Å². The number of nitrogens with one attached hydrogen (secondary N) is 2. The lowest BCUT2D eigenvalue weighted by Crippen LogP contribution is -2.19. The van der Waals surface area contributed by atoms with Gasteiger partial charge >= 0.3 is 6.03 Å². The van der Waals surface area contributed by atoms with E-state index in [1.165, 1.54) is 6.33 Å². The molecule has 2 heterocycles. The molecule has 39 heavy (non-hydrogen) atoms. The van der Waals surface area contributed by atoms with Gasteiger partial charge in [-0.2, -0.15) is 0 Å². The molecule has 5 aromatic rings. The van der Waals surface area contributed by atoms with Crippen LogP contribution in [0.2, 0.25) is 0 Å². The predicted octanol–water partition coefficient (Wildman–Crippen LogP) is 5.75. The van der Waals surface area contributed by atoms with Crippen LogP contribution in [0.25, 0.3) is 22.2 Å². The minimum absolute atomic E-state index is 0.283. The Kier molecular flexibility index (Phi) is 7.79. The van der Waals surface area contributed by atoms with Crippen LogP contribution in [0.1, 0.15) is 0 Å². The van der Waals surface area contributed by atoms with Gasteiger partial charge in [-0.25, -0.2) is 14.8 Å². The number of hydrogen-bond donors (Lipinski definition) is 2. The lowest BCUT2D eigenvalue weighted by atomic mass is 10.2. The summed E-state index contributed by atoms with van der Waals surface area (Å²) in [7, 11) is 3.16. The smallest absolute Gasteiger partial charge is 0.324 e. The van der Waals surface area contributed by atoms with E-state index in [1.807, 2.05) is 30.3 Å². The van der Waals surface area contributed by atoms with Crippen LogP contribution in [-0.2, 0) is 4.74 Å². The Morgan fingerprint density at radius 2 is 1.77 bits per heavy atom. The molecule has 0 radical (unpaired) electrons. The van der Waals surface area contributed by atoms with Crippen molar-refractivity contribution in [2.45, 2.75) is 0 Å². The van der Waals surface area contributed by atoms with Crippen LogP contribution >= 0.6 is 0 Å². The number of rotatable bonds is 10. The number of methoxy groups -OCH3 is 2. The highest BCUT2D eigenvalue weighted by molar-refractivity contribution is 5.99. The Bertz CT molecular complexity index is 1570. The molecule has 2 N–H and O–H groups in total. The monoisotopic (exact) mass is 527 g/mol. The fourth-order valence-corrected chi connectivity index (χ4v) is 3.73. The molecule has 0 saturated carbocycles. The van der Waals surface area contributed by atoms with Gasteiger partial charge in [-0.1, -0.05) is 41.6 Å². The minimum Gasteiger partial charge on any atom is -0.493 e. The number of carbonyl (C=O) groups excluding carboxylic acids is 1. The maximum absolute atomic E-state index is 12.6. The molecule has 11 nitrogen and oxygen atoms in total. The zero-order valence-electron chi connectivity index (χ0n) is 21.2. The van der Waals surface area contributed by atoms with E-state index in [-0.39, 0.29) is 5.82 Å². The summed E-state index contributed by atoms with van der Waals surface area (Å²) >= 11 is 0. The second kappa shape index (κ2) is 11.9. The number of hydrogen-bond acceptors (Lipinski definition) is 9. The number of fused-ring (bicyclic) bond motifs is 1. The summed E-state index contributed by atoms with van der Waals surface area (Å²) in [6.45, 7) is 0.806. The highest BCUT2D eigenvalue weighted by Crippen LogP contribution is 2.36. The Morgan fingerprint density at radius 3 is 2.59 bits per heavy atom. The van der Waals surface area contributed by atoms with Gasteiger partial charge in [-0.05, 0) is 18.2 Å². The lowest BCUT2D eigenvalue weighted by molar-refractivity contribution is 0.144. The Balaban J connectivity index is 1.28. The van der Waals surface area contributed by atoms with Gasteiger partial charge in [0.15, 0.2) is 23.1 Å². The molecule has 0 aliphatic rings. The molecule has 0 bridgehead atoms. The molecule has 3 aromatic carbocycles. The Hall–Kier alpha value is -5.16. The van der Waals surface area contributed by atoms with Gasteiger partial charge < -0.3 is 28.8 Å². The van der Waals surface area contributed by atoms with E-state index in [2.05, 4.69) is 25.8 Å². The number of anilines is 2. The molecule has 0 atom stereocenters. The fourth-order valence-electron chi connectivity index (χ4n) is 3.73. The number of aromatic nitrogens is 3. The molecule has 0 aliphatic heterocycles. The van der Waals surface area contributed by atoms with Crippen molar-refractivity contribution in [3.05, 3.63) is 79.1 Å². The topological polar surface area (TPSA) is 130 Å². The number of benzene rings is 3. The highest BCUT2D eigenvalue weighted by atomic mass is 16.5. The van der Waals surface area contributed by atoms with Crippen molar-refractivity contribution in [1.82, 2.24) is 15.1 Å². The van der Waals surface area contributed by atoms with Gasteiger partial charge in [-0.15, -0.1) is 0 Å². The van der Waals surface area contributed by atoms with Gasteiger partial charge in [-0.3, -0.25) is 5.32 Å². The van der Waals surface area contributed by atoms with E-state index in [0.717, 1.165) is 5.56 Å². The first kappa shape index (κ1) is 25.5. The van der Waals surface area contributed by atoms with Crippen molar-refractivity contribution in [3.63, 3.8) is 0 Å². The van der Waals surface area contributed by atoms with Crippen LogP contribution in [-0.4, -0.2) is 48.6 Å². The summed E-state index contributed by atoms with van der Waals surface area (Å²) in [5, 5.41) is 9.96. The standard InChI is InChI=1S/C28H25N5O6/c1-35-11-12-37-25-15-22-21(14-24(25)36-2)27(30-17-29-22)38-20-10-6-9-19(13-20)31-28(34)32-26-16-23(39-33-26)18-7-4-3-5-8-18/h3-10,13-17H,11-12H2,1-2H3,(H2,31,32,33,34). The average Bonchev–Trinajstić information content (AvgIpc) is 3.42. The molecule has 0 saturated heterocycles. The highest BCUT2D eigenvalue weighted by Gasteiger charge is 2.14. The summed E-state index contributed by atoms with van der Waals surface area (Å²) in [5.74, 6) is 2.65. The minimum atomic E-state index is -0.488. The van der Waals surface area contributed by atoms with Gasteiger partial charge in [0.05, 0.1) is 24.6 Å². The van der Waals surface area contributed by atoms with Gasteiger partial charge in [0.25, 0.3) is 0 Å². The summed E-state index contributed by atoms with van der Waals surface area (Å²) in [5.41, 5.74) is 1.97. The van der Waals surface area contributed by atoms with Gasteiger partial charge in [0.2, 0.25) is 5.88 Å². The first-order valence-corrected chi connectivity index (χ1v) is 12.0. The molecule has 11 heteroatoms. The van der Waals surface area contributed by atoms with Crippen LogP contribution in [0, 0.1) is 0 Å². The molecule has 0 spiro atoms. The number of nitrogens with zero attached hydrogens (tertiary/aromatic N) is 3. The second-order valence-electron chi connectivity index (χ2n) is 8.19. The third-order valence-electron chi connectivity index (χ3n) is 5.55. The van der Waals surface area contributed by atoms with Crippen LogP contribution in [0.15, 0.2) is 83.6 Å². The number of ether oxygens (including phenoxy) is 4. The number of urea groups is 1. The first-order valence-electron chi connectivity index (χ1n) is 12.0. The molecule has 198 valence electrons. The molecule has 2 amide bonds. The van der Waals surface area contributed by atoms with Crippen molar-refractivity contribution >= 4 is 28.4 Å². The fraction of sp³-hybridized carbons (Fsp3) is 0.143. The van der Waals surface area contributed by atoms with E-state index >= 15 is 0 Å². The Labute approximate surface area is 223 Å². The molecule has 0 aliphatic carbocycles. The molecule has 0 unspecified atom stereocenters. The van der Waals surface area contributed by atoms with Crippen molar-refractivity contribution in [3.8, 4) is 34.5 Å². The van der Waals surface area contributed by atoms with Crippen LogP contribution < -0.4 is 24.8 Å². The summed E-state index contributed by atoms with van der Waals surface area (Å²) in [6, 6.07) is 21.1. The molecule has 5 rings (SSSR count). The van der Waals surface area contributed by atoms with Gasteiger partial charge in [0, 0.05) is 36.6 Å². The predicted molar refractivity (Wildman–Crippen MR) is 145 cm³/mol. The Morgan fingerprint density at radius 1 is 0.897 bits per heavy atom. The molecule has 2 aromatic heterocycles. The first-order chi connectivity index (χ1) is 19.1. The zero-order valence-corrected chi connectivity index (χ0v) is 21.2. The molecule has 0 fully saturated rings.